The van der Waals surface area contributed by atoms with E-state index in [1.54, 1.807) is 18.5 Å². The molecule has 0 N–H and O–H groups in total. The molecule has 9 aromatic rings. The van der Waals surface area contributed by atoms with Gasteiger partial charge in [0.1, 0.15) is 11.9 Å². The van der Waals surface area contributed by atoms with E-state index in [0.29, 0.717) is 45.6 Å². The minimum absolute atomic E-state index is 0. The summed E-state index contributed by atoms with van der Waals surface area (Å²) in [6.45, 7) is 24.1. The molecule has 3 aromatic heterocycles. The fourth-order valence-corrected chi connectivity index (χ4v) is 8.47. The summed E-state index contributed by atoms with van der Waals surface area (Å²) in [5.74, 6) is 0.907. The van der Waals surface area contributed by atoms with E-state index in [4.69, 9.17) is 8.53 Å². The van der Waals surface area contributed by atoms with Crippen molar-refractivity contribution in [3.63, 3.8) is 0 Å². The van der Waals surface area contributed by atoms with Crippen LogP contribution in [0.25, 0.3) is 77.1 Å². The SMILES string of the molecule is CC(C)(C)c1ccc(-c2[c-]cc(F)cc2)nc1.[2H]C([2H])([2H])c1c[c-]c(-c2cc(C(C)(C)C)ncn2)c2oc3cc4c(ccc5ccc(-c6c(C(C)C)cc(C(C)C)cc6C(C)C)cc54)cc3c12.[Ir]. The van der Waals surface area contributed by atoms with E-state index >= 15 is 0 Å². The van der Waals surface area contributed by atoms with Crippen LogP contribution in [0, 0.1) is 24.8 Å². The summed E-state index contributed by atoms with van der Waals surface area (Å²) >= 11 is 0. The molecule has 6 heteroatoms. The largest absolute Gasteiger partial charge is 0.501 e. The van der Waals surface area contributed by atoms with Gasteiger partial charge in [0.15, 0.2) is 0 Å². The summed E-state index contributed by atoms with van der Waals surface area (Å²) in [4.78, 5) is 13.5. The number of benzene rings is 6. The molecule has 0 bridgehead atoms. The van der Waals surface area contributed by atoms with Gasteiger partial charge in [-0.05, 0) is 108 Å². The Morgan fingerprint density at radius 3 is 1.94 bits per heavy atom. The van der Waals surface area contributed by atoms with Crippen molar-refractivity contribution in [1.29, 1.82) is 0 Å². The quantitative estimate of drug-likeness (QED) is 0.123. The number of fused-ring (bicyclic) bond motifs is 6. The second kappa shape index (κ2) is 18.4. The maximum absolute atomic E-state index is 12.8. The molecule has 0 fully saturated rings. The number of halogens is 1. The van der Waals surface area contributed by atoms with Gasteiger partial charge < -0.3 is 9.40 Å². The molecule has 0 aliphatic rings. The van der Waals surface area contributed by atoms with Gasteiger partial charge in [-0.1, -0.05) is 155 Å². The summed E-state index contributed by atoms with van der Waals surface area (Å²) in [6.07, 6.45) is 3.42. The van der Waals surface area contributed by atoms with Crippen LogP contribution in [0.15, 0.2) is 114 Å². The molecule has 0 atom stereocenters. The van der Waals surface area contributed by atoms with Gasteiger partial charge in [-0.25, -0.2) is 4.98 Å². The van der Waals surface area contributed by atoms with Crippen LogP contribution in [0.3, 0.4) is 0 Å². The molecule has 9 rings (SSSR count). The molecule has 6 aromatic carbocycles. The average molecular weight is 1040 g/mol. The van der Waals surface area contributed by atoms with E-state index in [1.165, 1.54) is 45.5 Å². The third-order valence-electron chi connectivity index (χ3n) is 12.3. The van der Waals surface area contributed by atoms with Crippen molar-refractivity contribution in [2.45, 2.75) is 119 Å². The van der Waals surface area contributed by atoms with E-state index in [0.717, 1.165) is 43.9 Å². The van der Waals surface area contributed by atoms with Gasteiger partial charge in [0, 0.05) is 52.7 Å². The van der Waals surface area contributed by atoms with Crippen molar-refractivity contribution in [2.75, 3.05) is 0 Å². The van der Waals surface area contributed by atoms with Crippen molar-refractivity contribution in [3.05, 3.63) is 161 Å². The number of aromatic nitrogens is 3. The van der Waals surface area contributed by atoms with Crippen molar-refractivity contribution in [3.8, 4) is 33.6 Å². The summed E-state index contributed by atoms with van der Waals surface area (Å²) in [6, 6.07) is 38.1. The molecule has 1 radical (unpaired) electrons. The number of nitrogens with zero attached hydrogens (tertiary/aromatic N) is 3. The molecule has 0 amide bonds. The predicted molar refractivity (Wildman–Crippen MR) is 267 cm³/mol. The van der Waals surface area contributed by atoms with Crippen LogP contribution in [0.5, 0.6) is 0 Å². The van der Waals surface area contributed by atoms with Gasteiger partial charge in [-0.2, -0.15) is 0 Å². The second-order valence-electron chi connectivity index (χ2n) is 20.1. The second-order valence-corrected chi connectivity index (χ2v) is 20.1. The van der Waals surface area contributed by atoms with E-state index in [2.05, 4.69) is 171 Å². The van der Waals surface area contributed by atoms with Gasteiger partial charge in [-0.15, -0.1) is 47.5 Å². The van der Waals surface area contributed by atoms with Crippen molar-refractivity contribution in [2.24, 2.45) is 0 Å². The van der Waals surface area contributed by atoms with Crippen LogP contribution in [0.4, 0.5) is 4.39 Å². The maximum Gasteiger partial charge on any atom is 0.121 e. The molecular formula is C59H60FIrN3O-2. The van der Waals surface area contributed by atoms with Crippen LogP contribution in [-0.4, -0.2) is 15.0 Å². The Hall–Kier alpha value is -5.55. The van der Waals surface area contributed by atoms with Gasteiger partial charge in [0.2, 0.25) is 0 Å². The average Bonchev–Trinajstić information content (AvgIpc) is 3.65. The molecule has 0 saturated heterocycles. The fourth-order valence-electron chi connectivity index (χ4n) is 8.47. The molecule has 0 aliphatic carbocycles. The van der Waals surface area contributed by atoms with Gasteiger partial charge in [0.25, 0.3) is 0 Å². The minimum Gasteiger partial charge on any atom is -0.501 e. The maximum atomic E-state index is 12.8. The zero-order valence-electron chi connectivity index (χ0n) is 42.6. The summed E-state index contributed by atoms with van der Waals surface area (Å²) in [5, 5.41) is 5.70. The van der Waals surface area contributed by atoms with Crippen LogP contribution in [0.2, 0.25) is 0 Å². The van der Waals surface area contributed by atoms with E-state index in [9.17, 15) is 4.39 Å². The smallest absolute Gasteiger partial charge is 0.121 e. The Morgan fingerprint density at radius 1 is 0.646 bits per heavy atom. The normalized spacial score (nSPS) is 13.0. The zero-order valence-corrected chi connectivity index (χ0v) is 42.0. The van der Waals surface area contributed by atoms with Crippen LogP contribution < -0.4 is 0 Å². The Labute approximate surface area is 402 Å². The standard InChI is InChI=1S/C44H45N2O.C15H15FN.Ir/c1-24(2)31-19-33(25(3)4)42(34(20-31)26(5)6)30-15-13-28-12-14-29-17-37-39(21-36(29)35(28)18-30)47-43-32(16-11-27(7)41(37)43)38-22-40(44(8,9)10)46-23-45-38;1-15(2,3)12-6-9-14(17-10-12)11-4-7-13(16)8-5-11;/h11-15,17-26H,1-10H3;4,6-10H,1-3H3;/q2*-1;/i7D3;;. The summed E-state index contributed by atoms with van der Waals surface area (Å²) in [5.41, 5.74) is 12.9. The van der Waals surface area contributed by atoms with Crippen molar-refractivity contribution in [1.82, 2.24) is 15.0 Å². The summed E-state index contributed by atoms with van der Waals surface area (Å²) in [7, 11) is 0. The third kappa shape index (κ3) is 9.58. The van der Waals surface area contributed by atoms with Gasteiger partial charge in [-0.3, -0.25) is 9.37 Å². The fraction of sp³-hybridized carbons (Fsp3) is 0.305. The number of rotatable bonds is 6. The number of hydrogen-bond donors (Lipinski definition) is 0. The van der Waals surface area contributed by atoms with Crippen molar-refractivity contribution < 1.29 is 33.0 Å². The van der Waals surface area contributed by atoms with E-state index in [-0.39, 0.29) is 42.3 Å². The molecular weight excluding hydrogens is 978 g/mol. The van der Waals surface area contributed by atoms with Crippen LogP contribution in [-0.2, 0) is 30.9 Å². The monoisotopic (exact) mass is 1040 g/mol. The zero-order chi connectivity index (χ0) is 48.3. The van der Waals surface area contributed by atoms with Gasteiger partial charge in [0.05, 0.1) is 5.58 Å². The molecule has 0 spiro atoms. The minimum atomic E-state index is -2.35. The van der Waals surface area contributed by atoms with E-state index < -0.39 is 6.85 Å². The number of hydrogen-bond acceptors (Lipinski definition) is 4. The Kier molecular flexibility index (Phi) is 12.3. The first-order valence-corrected chi connectivity index (χ1v) is 22.4. The summed E-state index contributed by atoms with van der Waals surface area (Å²) < 4.78 is 44.7. The van der Waals surface area contributed by atoms with E-state index in [1.807, 2.05) is 18.3 Å². The number of pyridine rings is 1. The number of furan rings is 1. The molecule has 0 saturated carbocycles. The van der Waals surface area contributed by atoms with Crippen molar-refractivity contribution >= 4 is 43.5 Å². The van der Waals surface area contributed by atoms with Crippen LogP contribution in [0.1, 0.15) is 138 Å². The first kappa shape index (κ1) is 43.3. The molecule has 65 heavy (non-hydrogen) atoms. The number of aryl methyl sites for hydroxylation is 1. The predicted octanol–water partition coefficient (Wildman–Crippen LogP) is 16.8. The molecule has 3 heterocycles. The Bertz CT molecular complexity index is 3260. The first-order valence-electron chi connectivity index (χ1n) is 23.9. The third-order valence-corrected chi connectivity index (χ3v) is 12.3. The Balaban J connectivity index is 0.000000320. The molecule has 335 valence electrons. The molecule has 0 aliphatic heterocycles. The molecule has 4 nitrogen and oxygen atoms in total. The first-order chi connectivity index (χ1) is 31.5. The van der Waals surface area contributed by atoms with Gasteiger partial charge >= 0.3 is 0 Å². The molecule has 0 unspecified atom stereocenters. The Morgan fingerprint density at radius 2 is 1.34 bits per heavy atom. The van der Waals surface area contributed by atoms with Crippen LogP contribution >= 0.6 is 0 Å². The topological polar surface area (TPSA) is 51.8 Å².